The molecule has 0 heterocycles. The van der Waals surface area contributed by atoms with E-state index in [0.29, 0.717) is 26.9 Å². The van der Waals surface area contributed by atoms with Crippen molar-refractivity contribution < 1.29 is 18.0 Å². The van der Waals surface area contributed by atoms with Crippen LogP contribution in [0.25, 0.3) is 0 Å². The molecule has 0 saturated carbocycles. The molecule has 7 nitrogen and oxygen atoms in total. The SMILES string of the molecule is CC[C@@H](C(=O)NC(C)(C)C)N(Cc1c(Cl)cccc1Cl)C(=O)CN(c1ccc(C)cc1C)S(=O)(=O)c1ccccc1. The Hall–Kier alpha value is -3.07. The molecule has 220 valence electrons. The monoisotopic (exact) mass is 617 g/mol. The summed E-state index contributed by atoms with van der Waals surface area (Å²) in [5.41, 5.74) is 1.93. The minimum absolute atomic E-state index is 0.0472. The van der Waals surface area contributed by atoms with Crippen LogP contribution in [0.5, 0.6) is 0 Å². The number of nitrogens with one attached hydrogen (secondary N) is 1. The van der Waals surface area contributed by atoms with Gasteiger partial charge < -0.3 is 10.2 Å². The molecular formula is C31H37Cl2N3O4S. The fourth-order valence-corrected chi connectivity index (χ4v) is 6.56. The molecule has 3 aromatic carbocycles. The van der Waals surface area contributed by atoms with Gasteiger partial charge >= 0.3 is 0 Å². The van der Waals surface area contributed by atoms with Gasteiger partial charge in [0.1, 0.15) is 12.6 Å². The number of hydrogen-bond acceptors (Lipinski definition) is 4. The number of halogens is 2. The van der Waals surface area contributed by atoms with E-state index < -0.39 is 34.1 Å². The van der Waals surface area contributed by atoms with Gasteiger partial charge in [0, 0.05) is 27.7 Å². The van der Waals surface area contributed by atoms with Gasteiger partial charge in [-0.2, -0.15) is 0 Å². The smallest absolute Gasteiger partial charge is 0.264 e. The van der Waals surface area contributed by atoms with Gasteiger partial charge in [0.15, 0.2) is 0 Å². The topological polar surface area (TPSA) is 86.8 Å². The van der Waals surface area contributed by atoms with Crippen LogP contribution in [0.2, 0.25) is 10.0 Å². The molecule has 3 aromatic rings. The third-order valence-electron chi connectivity index (χ3n) is 6.51. The third kappa shape index (κ3) is 8.03. The second kappa shape index (κ2) is 13.3. The van der Waals surface area contributed by atoms with Crippen LogP contribution in [0.4, 0.5) is 5.69 Å². The standard InChI is InChI=1S/C31H37Cl2N3O4S/c1-7-27(30(38)34-31(4,5)6)35(19-24-25(32)14-11-15-26(24)33)29(37)20-36(28-17-16-21(2)18-22(28)3)41(39,40)23-12-9-8-10-13-23/h8-18,27H,7,19-20H2,1-6H3,(H,34,38)/t27-/m0/s1. The lowest BCUT2D eigenvalue weighted by atomic mass is 10.1. The second-order valence-electron chi connectivity index (χ2n) is 11.0. The van der Waals surface area contributed by atoms with Crippen molar-refractivity contribution >= 4 is 50.7 Å². The van der Waals surface area contributed by atoms with Gasteiger partial charge in [0.2, 0.25) is 11.8 Å². The molecule has 0 aliphatic rings. The zero-order chi connectivity index (χ0) is 30.5. The summed E-state index contributed by atoms with van der Waals surface area (Å²) in [7, 11) is -4.16. The number of nitrogens with zero attached hydrogens (tertiary/aromatic N) is 2. The summed E-state index contributed by atoms with van der Waals surface area (Å²) >= 11 is 12.9. The highest BCUT2D eigenvalue weighted by molar-refractivity contribution is 7.92. The van der Waals surface area contributed by atoms with Crippen LogP contribution in [0.3, 0.4) is 0 Å². The van der Waals surface area contributed by atoms with Crippen molar-refractivity contribution in [1.29, 1.82) is 0 Å². The highest BCUT2D eigenvalue weighted by Gasteiger charge is 2.35. The Morgan fingerprint density at radius 1 is 0.927 bits per heavy atom. The maximum absolute atomic E-state index is 14.2. The minimum Gasteiger partial charge on any atom is -0.350 e. The highest BCUT2D eigenvalue weighted by atomic mass is 35.5. The average Bonchev–Trinajstić information content (AvgIpc) is 2.88. The van der Waals surface area contributed by atoms with Crippen molar-refractivity contribution in [2.24, 2.45) is 0 Å². The Labute approximate surface area is 253 Å². The van der Waals surface area contributed by atoms with E-state index in [9.17, 15) is 18.0 Å². The molecule has 0 saturated heterocycles. The van der Waals surface area contributed by atoms with E-state index >= 15 is 0 Å². The highest BCUT2D eigenvalue weighted by Crippen LogP contribution is 2.30. The zero-order valence-electron chi connectivity index (χ0n) is 24.2. The largest absolute Gasteiger partial charge is 0.350 e. The van der Waals surface area contributed by atoms with Gasteiger partial charge in [-0.1, -0.05) is 72.1 Å². The summed E-state index contributed by atoms with van der Waals surface area (Å²) in [4.78, 5) is 29.1. The molecule has 0 aromatic heterocycles. The lowest BCUT2D eigenvalue weighted by Gasteiger charge is -2.35. The molecular weight excluding hydrogens is 581 g/mol. The van der Waals surface area contributed by atoms with E-state index in [1.165, 1.54) is 17.0 Å². The fourth-order valence-electron chi connectivity index (χ4n) is 4.54. The summed E-state index contributed by atoms with van der Waals surface area (Å²) in [6.07, 6.45) is 0.282. The molecule has 2 amide bonds. The molecule has 0 fully saturated rings. The number of amides is 2. The van der Waals surface area contributed by atoms with Gasteiger partial charge in [-0.05, 0) is 76.9 Å². The first kappa shape index (κ1) is 32.4. The van der Waals surface area contributed by atoms with E-state index in [0.717, 1.165) is 9.87 Å². The predicted octanol–water partition coefficient (Wildman–Crippen LogP) is 6.53. The molecule has 0 radical (unpaired) electrons. The predicted molar refractivity (Wildman–Crippen MR) is 166 cm³/mol. The second-order valence-corrected chi connectivity index (χ2v) is 13.7. The average molecular weight is 619 g/mol. The molecule has 0 bridgehead atoms. The van der Waals surface area contributed by atoms with Crippen LogP contribution in [-0.4, -0.2) is 43.3 Å². The third-order valence-corrected chi connectivity index (χ3v) is 8.99. The Morgan fingerprint density at radius 3 is 2.07 bits per heavy atom. The Balaban J connectivity index is 2.14. The Morgan fingerprint density at radius 2 is 1.54 bits per heavy atom. The van der Waals surface area contributed by atoms with Gasteiger partial charge in [-0.3, -0.25) is 13.9 Å². The fraction of sp³-hybridized carbons (Fsp3) is 0.355. The van der Waals surface area contributed by atoms with E-state index in [1.807, 2.05) is 33.8 Å². The molecule has 1 N–H and O–H groups in total. The molecule has 0 aliphatic heterocycles. The number of aryl methyl sites for hydroxylation is 2. The van der Waals surface area contributed by atoms with Crippen molar-refractivity contribution in [2.45, 2.75) is 71.0 Å². The number of anilines is 1. The van der Waals surface area contributed by atoms with Crippen molar-refractivity contribution in [3.8, 4) is 0 Å². The van der Waals surface area contributed by atoms with Crippen LogP contribution >= 0.6 is 23.2 Å². The summed E-state index contributed by atoms with van der Waals surface area (Å²) in [6, 6.07) is 17.4. The van der Waals surface area contributed by atoms with Crippen LogP contribution in [0, 0.1) is 13.8 Å². The molecule has 41 heavy (non-hydrogen) atoms. The lowest BCUT2D eigenvalue weighted by Crippen LogP contribution is -2.55. The molecule has 10 heteroatoms. The summed E-state index contributed by atoms with van der Waals surface area (Å²) in [6.45, 7) is 10.4. The van der Waals surface area contributed by atoms with Crippen molar-refractivity contribution in [3.63, 3.8) is 0 Å². The van der Waals surface area contributed by atoms with E-state index in [4.69, 9.17) is 23.2 Å². The maximum atomic E-state index is 14.2. The van der Waals surface area contributed by atoms with Crippen LogP contribution in [-0.2, 0) is 26.2 Å². The molecule has 0 unspecified atom stereocenters. The quantitative estimate of drug-likeness (QED) is 0.280. The molecule has 3 rings (SSSR count). The Bertz CT molecular complexity index is 1490. The zero-order valence-corrected chi connectivity index (χ0v) is 26.6. The van der Waals surface area contributed by atoms with E-state index in [1.54, 1.807) is 62.4 Å². The van der Waals surface area contributed by atoms with Crippen LogP contribution in [0.1, 0.15) is 50.8 Å². The van der Waals surface area contributed by atoms with Crippen LogP contribution < -0.4 is 9.62 Å². The molecule has 1 atom stereocenters. The lowest BCUT2D eigenvalue weighted by molar-refractivity contribution is -0.141. The molecule has 0 aliphatic carbocycles. The molecule has 0 spiro atoms. The van der Waals surface area contributed by atoms with E-state index in [2.05, 4.69) is 5.32 Å². The first-order valence-electron chi connectivity index (χ1n) is 13.3. The van der Waals surface area contributed by atoms with Crippen molar-refractivity contribution in [1.82, 2.24) is 10.2 Å². The van der Waals surface area contributed by atoms with Crippen molar-refractivity contribution in [2.75, 3.05) is 10.8 Å². The van der Waals surface area contributed by atoms with Gasteiger partial charge in [0.05, 0.1) is 10.6 Å². The summed E-state index contributed by atoms with van der Waals surface area (Å²) in [5.74, 6) is -0.933. The number of benzene rings is 3. The van der Waals surface area contributed by atoms with E-state index in [-0.39, 0.29) is 23.8 Å². The van der Waals surface area contributed by atoms with Crippen LogP contribution in [0.15, 0.2) is 71.6 Å². The summed E-state index contributed by atoms with van der Waals surface area (Å²) < 4.78 is 29.1. The maximum Gasteiger partial charge on any atom is 0.264 e. The number of sulfonamides is 1. The number of carbonyl (C=O) groups is 2. The van der Waals surface area contributed by atoms with Gasteiger partial charge in [0.25, 0.3) is 10.0 Å². The first-order chi connectivity index (χ1) is 19.2. The summed E-state index contributed by atoms with van der Waals surface area (Å²) in [5, 5.41) is 3.62. The van der Waals surface area contributed by atoms with Crippen molar-refractivity contribution in [3.05, 3.63) is 93.5 Å². The number of carbonyl (C=O) groups excluding carboxylic acids is 2. The van der Waals surface area contributed by atoms with Gasteiger partial charge in [-0.15, -0.1) is 0 Å². The minimum atomic E-state index is -4.16. The first-order valence-corrected chi connectivity index (χ1v) is 15.5. The normalized spacial score (nSPS) is 12.5. The van der Waals surface area contributed by atoms with Gasteiger partial charge in [-0.25, -0.2) is 8.42 Å². The number of rotatable bonds is 10. The number of hydrogen-bond donors (Lipinski definition) is 1. The Kier molecular flexibility index (Phi) is 10.5.